The fourth-order valence-electron chi connectivity index (χ4n) is 7.62. The van der Waals surface area contributed by atoms with Gasteiger partial charge in [0.15, 0.2) is 5.82 Å². The molecule has 0 atom stereocenters. The summed E-state index contributed by atoms with van der Waals surface area (Å²) in [6.45, 7) is 0. The second-order valence-electron chi connectivity index (χ2n) is 14.0. The average Bonchev–Trinajstić information content (AvgIpc) is 3.29. The SMILES string of the molecule is c1ccc(-c2ccc(-c3cc(-c4ccc(-c5cccc(-c6cc(-c7ccccc7)c7c(ccc8ccccc87)n6)c5)cc4)nc(-c4ccccc4)n3)cc2)cc1. The molecule has 0 spiro atoms. The third-order valence-corrected chi connectivity index (χ3v) is 10.5. The second kappa shape index (κ2) is 14.4. The lowest BCUT2D eigenvalue weighted by Gasteiger charge is -2.14. The molecule has 2 heterocycles. The molecule has 8 aromatic carbocycles. The van der Waals surface area contributed by atoms with Crippen molar-refractivity contribution < 1.29 is 0 Å². The molecular formula is C53H35N3. The zero-order valence-electron chi connectivity index (χ0n) is 30.5. The van der Waals surface area contributed by atoms with Gasteiger partial charge in [-0.2, -0.15) is 0 Å². The highest BCUT2D eigenvalue weighted by Crippen LogP contribution is 2.38. The molecule has 0 N–H and O–H groups in total. The van der Waals surface area contributed by atoms with Crippen LogP contribution in [0.3, 0.4) is 0 Å². The minimum atomic E-state index is 0.702. The molecule has 0 bridgehead atoms. The first-order chi connectivity index (χ1) is 27.7. The standard InChI is InChI=1S/C53H35N3/c1-4-13-36(14-5-1)37-23-27-41(28-24-37)50-35-51(56-53(55-50)43-18-8-3-9-19-43)42-29-25-38(26-30-42)44-20-12-21-45(33-44)49-34-47(39-15-6-2-7-16-39)52-46-22-11-10-17-40(46)31-32-48(52)54-49/h1-35H. The van der Waals surface area contributed by atoms with Gasteiger partial charge in [-0.1, -0.05) is 188 Å². The van der Waals surface area contributed by atoms with Crippen molar-refractivity contribution in [2.24, 2.45) is 0 Å². The highest BCUT2D eigenvalue weighted by atomic mass is 14.9. The lowest BCUT2D eigenvalue weighted by Crippen LogP contribution is -1.96. The number of rotatable bonds is 7. The monoisotopic (exact) mass is 713 g/mol. The maximum atomic E-state index is 5.24. The zero-order chi connectivity index (χ0) is 37.3. The first-order valence-electron chi connectivity index (χ1n) is 18.9. The molecule has 0 radical (unpaired) electrons. The Morgan fingerprint density at radius 1 is 0.268 bits per heavy atom. The summed E-state index contributed by atoms with van der Waals surface area (Å²) >= 11 is 0. The molecule has 0 amide bonds. The van der Waals surface area contributed by atoms with Crippen LogP contribution in [0.4, 0.5) is 0 Å². The van der Waals surface area contributed by atoms with E-state index in [4.69, 9.17) is 15.0 Å². The summed E-state index contributed by atoms with van der Waals surface area (Å²) in [6, 6.07) is 74.5. The van der Waals surface area contributed by atoms with E-state index in [2.05, 4.69) is 188 Å². The van der Waals surface area contributed by atoms with Gasteiger partial charge in [0.25, 0.3) is 0 Å². The van der Waals surface area contributed by atoms with E-state index >= 15 is 0 Å². The van der Waals surface area contributed by atoms with E-state index in [1.807, 2.05) is 24.3 Å². The smallest absolute Gasteiger partial charge is 0.160 e. The third-order valence-electron chi connectivity index (χ3n) is 10.5. The maximum absolute atomic E-state index is 5.24. The number of fused-ring (bicyclic) bond motifs is 3. The molecule has 262 valence electrons. The number of pyridine rings is 1. The Bertz CT molecular complexity index is 2980. The van der Waals surface area contributed by atoms with E-state index in [0.717, 1.165) is 56.0 Å². The van der Waals surface area contributed by atoms with Gasteiger partial charge in [-0.25, -0.2) is 15.0 Å². The van der Waals surface area contributed by atoms with Crippen molar-refractivity contribution in [3.05, 3.63) is 212 Å². The number of aromatic nitrogens is 3. The molecule has 3 heteroatoms. The zero-order valence-corrected chi connectivity index (χ0v) is 30.5. The summed E-state index contributed by atoms with van der Waals surface area (Å²) in [5, 5.41) is 3.60. The van der Waals surface area contributed by atoms with Gasteiger partial charge in [0, 0.05) is 27.6 Å². The van der Waals surface area contributed by atoms with Crippen LogP contribution in [0.15, 0.2) is 212 Å². The normalized spacial score (nSPS) is 11.2. The van der Waals surface area contributed by atoms with Crippen LogP contribution >= 0.6 is 0 Å². The van der Waals surface area contributed by atoms with Crippen LogP contribution in [-0.4, -0.2) is 15.0 Å². The number of nitrogens with zero attached hydrogens (tertiary/aromatic N) is 3. The average molecular weight is 714 g/mol. The van der Waals surface area contributed by atoms with E-state index in [-0.39, 0.29) is 0 Å². The van der Waals surface area contributed by atoms with Crippen molar-refractivity contribution in [3.8, 4) is 78.5 Å². The summed E-state index contributed by atoms with van der Waals surface area (Å²) in [5.74, 6) is 0.702. The molecule has 10 aromatic rings. The van der Waals surface area contributed by atoms with E-state index in [1.165, 1.54) is 38.4 Å². The summed E-state index contributed by atoms with van der Waals surface area (Å²) in [4.78, 5) is 15.4. The topological polar surface area (TPSA) is 38.7 Å². The molecule has 3 nitrogen and oxygen atoms in total. The van der Waals surface area contributed by atoms with Crippen molar-refractivity contribution in [2.75, 3.05) is 0 Å². The number of benzene rings is 8. The predicted octanol–water partition coefficient (Wildman–Crippen LogP) is 13.8. The Morgan fingerprint density at radius 3 is 1.41 bits per heavy atom. The van der Waals surface area contributed by atoms with Gasteiger partial charge in [-0.15, -0.1) is 0 Å². The van der Waals surface area contributed by atoms with Crippen molar-refractivity contribution in [1.29, 1.82) is 0 Å². The van der Waals surface area contributed by atoms with Gasteiger partial charge in [-0.05, 0) is 68.4 Å². The minimum Gasteiger partial charge on any atom is -0.248 e. The van der Waals surface area contributed by atoms with Crippen LogP contribution in [0.2, 0.25) is 0 Å². The molecular weight excluding hydrogens is 679 g/mol. The van der Waals surface area contributed by atoms with Gasteiger partial charge >= 0.3 is 0 Å². The molecule has 0 aliphatic heterocycles. The van der Waals surface area contributed by atoms with Crippen LogP contribution in [0, 0.1) is 0 Å². The highest BCUT2D eigenvalue weighted by molar-refractivity contribution is 6.13. The van der Waals surface area contributed by atoms with Crippen LogP contribution in [0.25, 0.3) is 100 Å². The predicted molar refractivity (Wildman–Crippen MR) is 233 cm³/mol. The van der Waals surface area contributed by atoms with E-state index in [1.54, 1.807) is 0 Å². The molecule has 56 heavy (non-hydrogen) atoms. The maximum Gasteiger partial charge on any atom is 0.160 e. The van der Waals surface area contributed by atoms with Crippen molar-refractivity contribution in [3.63, 3.8) is 0 Å². The van der Waals surface area contributed by atoms with E-state index < -0.39 is 0 Å². The quantitative estimate of drug-likeness (QED) is 0.154. The summed E-state index contributed by atoms with van der Waals surface area (Å²) in [5.41, 5.74) is 14.8. The molecule has 0 aliphatic carbocycles. The Hall–Kier alpha value is -7.49. The van der Waals surface area contributed by atoms with Crippen molar-refractivity contribution in [1.82, 2.24) is 15.0 Å². The Labute approximate surface area is 326 Å². The van der Waals surface area contributed by atoms with Crippen molar-refractivity contribution >= 4 is 21.7 Å². The Morgan fingerprint density at radius 2 is 0.750 bits per heavy atom. The largest absolute Gasteiger partial charge is 0.248 e. The molecule has 0 fully saturated rings. The molecule has 0 saturated heterocycles. The van der Waals surface area contributed by atoms with Gasteiger partial charge in [-0.3, -0.25) is 0 Å². The third kappa shape index (κ3) is 6.42. The number of hydrogen-bond donors (Lipinski definition) is 0. The van der Waals surface area contributed by atoms with Gasteiger partial charge in [0.05, 0.1) is 22.6 Å². The fraction of sp³-hybridized carbons (Fsp3) is 0. The van der Waals surface area contributed by atoms with E-state index in [0.29, 0.717) is 5.82 Å². The van der Waals surface area contributed by atoms with Gasteiger partial charge < -0.3 is 0 Å². The minimum absolute atomic E-state index is 0.702. The van der Waals surface area contributed by atoms with Crippen LogP contribution in [0.1, 0.15) is 0 Å². The van der Waals surface area contributed by atoms with Crippen LogP contribution in [0.5, 0.6) is 0 Å². The fourth-order valence-corrected chi connectivity index (χ4v) is 7.62. The van der Waals surface area contributed by atoms with E-state index in [9.17, 15) is 0 Å². The summed E-state index contributed by atoms with van der Waals surface area (Å²) in [6.07, 6.45) is 0. The molecule has 2 aromatic heterocycles. The van der Waals surface area contributed by atoms with Crippen LogP contribution in [-0.2, 0) is 0 Å². The lowest BCUT2D eigenvalue weighted by molar-refractivity contribution is 1.18. The summed E-state index contributed by atoms with van der Waals surface area (Å²) in [7, 11) is 0. The Kier molecular flexibility index (Phi) is 8.51. The number of hydrogen-bond acceptors (Lipinski definition) is 3. The van der Waals surface area contributed by atoms with Crippen LogP contribution < -0.4 is 0 Å². The lowest BCUT2D eigenvalue weighted by atomic mass is 9.94. The molecule has 0 unspecified atom stereocenters. The first kappa shape index (κ1) is 33.1. The Balaban J connectivity index is 1.01. The first-order valence-corrected chi connectivity index (χ1v) is 18.9. The summed E-state index contributed by atoms with van der Waals surface area (Å²) < 4.78 is 0. The van der Waals surface area contributed by atoms with Crippen molar-refractivity contribution in [2.45, 2.75) is 0 Å². The second-order valence-corrected chi connectivity index (χ2v) is 14.0. The van der Waals surface area contributed by atoms with Gasteiger partial charge in [0.2, 0.25) is 0 Å². The van der Waals surface area contributed by atoms with Gasteiger partial charge in [0.1, 0.15) is 0 Å². The highest BCUT2D eigenvalue weighted by Gasteiger charge is 2.15. The molecule has 0 aliphatic rings. The molecule has 0 saturated carbocycles. The molecule has 10 rings (SSSR count).